The summed E-state index contributed by atoms with van der Waals surface area (Å²) in [6.07, 6.45) is 0. The van der Waals surface area contributed by atoms with Crippen LogP contribution in [0.4, 0.5) is 11.4 Å². The van der Waals surface area contributed by atoms with Gasteiger partial charge in [-0.1, -0.05) is 0 Å². The first-order valence-corrected chi connectivity index (χ1v) is 3.22. The van der Waals surface area contributed by atoms with E-state index in [9.17, 15) is 15.3 Å². The maximum Gasteiger partial charge on any atom is 0.269 e. The SMILES string of the molecule is O=[N+]([O-])c1ccc([N+]([O-])=NO)cc1. The van der Waals surface area contributed by atoms with Crippen LogP contribution >= 0.6 is 0 Å². The largest absolute Gasteiger partial charge is 0.592 e. The number of hydrogen-bond donors (Lipinski definition) is 1. The van der Waals surface area contributed by atoms with Crippen LogP contribution in [0.25, 0.3) is 0 Å². The number of nitro groups is 1. The first-order valence-electron chi connectivity index (χ1n) is 3.22. The Morgan fingerprint density at radius 2 is 1.62 bits per heavy atom. The molecule has 0 aliphatic carbocycles. The van der Waals surface area contributed by atoms with E-state index in [0.717, 1.165) is 12.1 Å². The van der Waals surface area contributed by atoms with Crippen LogP contribution in [0.3, 0.4) is 0 Å². The Morgan fingerprint density at radius 1 is 1.15 bits per heavy atom. The molecule has 1 aromatic carbocycles. The van der Waals surface area contributed by atoms with Crippen molar-refractivity contribution >= 4 is 11.4 Å². The minimum absolute atomic E-state index is 0.0214. The molecule has 1 aromatic rings. The molecule has 0 spiro atoms. The van der Waals surface area contributed by atoms with Crippen molar-refractivity contribution in [3.8, 4) is 0 Å². The summed E-state index contributed by atoms with van der Waals surface area (Å²) >= 11 is 0. The summed E-state index contributed by atoms with van der Waals surface area (Å²) in [6.45, 7) is 0. The minimum Gasteiger partial charge on any atom is -0.592 e. The van der Waals surface area contributed by atoms with Gasteiger partial charge in [-0.25, -0.2) is 0 Å². The van der Waals surface area contributed by atoms with Crippen molar-refractivity contribution in [2.24, 2.45) is 5.28 Å². The smallest absolute Gasteiger partial charge is 0.269 e. The highest BCUT2D eigenvalue weighted by Gasteiger charge is 2.08. The highest BCUT2D eigenvalue weighted by Crippen LogP contribution is 2.17. The van der Waals surface area contributed by atoms with E-state index in [1.807, 2.05) is 0 Å². The molecule has 0 bridgehead atoms. The molecule has 7 heteroatoms. The fourth-order valence-electron chi connectivity index (χ4n) is 0.754. The Bertz CT molecular complexity index is 345. The van der Waals surface area contributed by atoms with Crippen LogP contribution in [-0.2, 0) is 0 Å². The summed E-state index contributed by atoms with van der Waals surface area (Å²) in [4.78, 5) is 9.55. The molecule has 0 aromatic heterocycles. The van der Waals surface area contributed by atoms with E-state index in [1.165, 1.54) is 12.1 Å². The molecule has 0 fully saturated rings. The van der Waals surface area contributed by atoms with E-state index in [2.05, 4.69) is 5.28 Å². The Balaban J connectivity index is 3.00. The van der Waals surface area contributed by atoms with Crippen LogP contribution in [0.15, 0.2) is 29.5 Å². The molecule has 0 unspecified atom stereocenters. The van der Waals surface area contributed by atoms with E-state index >= 15 is 0 Å². The molecule has 68 valence electrons. The van der Waals surface area contributed by atoms with Crippen molar-refractivity contribution in [2.45, 2.75) is 0 Å². The molecule has 0 atom stereocenters. The van der Waals surface area contributed by atoms with Gasteiger partial charge in [0.05, 0.1) is 4.92 Å². The van der Waals surface area contributed by atoms with Crippen LogP contribution in [-0.4, -0.2) is 15.0 Å². The van der Waals surface area contributed by atoms with Crippen LogP contribution in [0.2, 0.25) is 0 Å². The lowest BCUT2D eigenvalue weighted by Gasteiger charge is -1.95. The van der Waals surface area contributed by atoms with Crippen LogP contribution in [0.1, 0.15) is 0 Å². The number of rotatable bonds is 2. The second kappa shape index (κ2) is 3.48. The lowest BCUT2D eigenvalue weighted by atomic mass is 10.3. The normalized spacial score (nSPS) is 11.2. The third-order valence-electron chi connectivity index (χ3n) is 1.36. The predicted molar refractivity (Wildman–Crippen MR) is 40.6 cm³/mol. The zero-order valence-corrected chi connectivity index (χ0v) is 6.32. The summed E-state index contributed by atoms with van der Waals surface area (Å²) in [6, 6.07) is 4.66. The molecule has 0 aliphatic rings. The number of benzene rings is 1. The molecule has 0 heterocycles. The fourth-order valence-corrected chi connectivity index (χ4v) is 0.754. The summed E-state index contributed by atoms with van der Waals surface area (Å²) in [7, 11) is 0. The second-order valence-electron chi connectivity index (χ2n) is 2.14. The monoisotopic (exact) mass is 183 g/mol. The molecule has 0 amide bonds. The van der Waals surface area contributed by atoms with Crippen molar-refractivity contribution in [2.75, 3.05) is 0 Å². The molecule has 7 nitrogen and oxygen atoms in total. The quantitative estimate of drug-likeness (QED) is 0.325. The Hall–Kier alpha value is -2.18. The third kappa shape index (κ3) is 1.89. The van der Waals surface area contributed by atoms with Gasteiger partial charge in [-0.15, -0.1) is 0 Å². The van der Waals surface area contributed by atoms with Crippen molar-refractivity contribution < 1.29 is 15.0 Å². The molecule has 1 rings (SSSR count). The fraction of sp³-hybridized carbons (Fsp3) is 0. The molecular weight excluding hydrogens is 178 g/mol. The standard InChI is InChI=1S/C6H5N3O4/c10-7-8(11)5-1-3-6(4-2-5)9(12)13/h1-4,10H. The molecule has 1 N–H and O–H groups in total. The van der Waals surface area contributed by atoms with E-state index in [1.54, 1.807) is 0 Å². The van der Waals surface area contributed by atoms with Gasteiger partial charge in [0.1, 0.15) is 0 Å². The Labute approximate surface area is 72.2 Å². The van der Waals surface area contributed by atoms with E-state index in [-0.39, 0.29) is 16.2 Å². The number of nitrogens with zero attached hydrogens (tertiary/aromatic N) is 3. The van der Waals surface area contributed by atoms with Crippen LogP contribution in [0, 0.1) is 15.3 Å². The van der Waals surface area contributed by atoms with Gasteiger partial charge in [0, 0.05) is 24.3 Å². The number of nitro benzene ring substituents is 1. The van der Waals surface area contributed by atoms with Crippen LogP contribution < -0.4 is 0 Å². The number of non-ortho nitro benzene ring substituents is 1. The third-order valence-corrected chi connectivity index (χ3v) is 1.36. The van der Waals surface area contributed by atoms with Crippen molar-refractivity contribution in [1.82, 2.24) is 0 Å². The zero-order valence-electron chi connectivity index (χ0n) is 6.32. The molecule has 13 heavy (non-hydrogen) atoms. The number of hydrogen-bond acceptors (Lipinski definition) is 4. The van der Waals surface area contributed by atoms with Gasteiger partial charge >= 0.3 is 0 Å². The Morgan fingerprint density at radius 3 is 2.00 bits per heavy atom. The average molecular weight is 183 g/mol. The van der Waals surface area contributed by atoms with E-state index in [4.69, 9.17) is 5.21 Å². The summed E-state index contributed by atoms with van der Waals surface area (Å²) in [5.41, 5.74) is -0.108. The summed E-state index contributed by atoms with van der Waals surface area (Å²) in [5.74, 6) is 0. The van der Waals surface area contributed by atoms with E-state index in [0.29, 0.717) is 0 Å². The lowest BCUT2D eigenvalue weighted by molar-refractivity contribution is -0.474. The average Bonchev–Trinajstić information content (AvgIpc) is 2.17. The van der Waals surface area contributed by atoms with E-state index < -0.39 is 4.92 Å². The first-order chi connectivity index (χ1) is 6.15. The minimum atomic E-state index is -0.588. The van der Waals surface area contributed by atoms with Crippen LogP contribution in [0.5, 0.6) is 0 Å². The molecule has 0 saturated heterocycles. The highest BCUT2D eigenvalue weighted by atomic mass is 16.6. The van der Waals surface area contributed by atoms with Gasteiger partial charge in [0.25, 0.3) is 5.69 Å². The van der Waals surface area contributed by atoms with Gasteiger partial charge in [-0.05, 0) is 4.86 Å². The summed E-state index contributed by atoms with van der Waals surface area (Å²) in [5, 5.41) is 31.2. The van der Waals surface area contributed by atoms with Gasteiger partial charge < -0.3 is 10.4 Å². The molecule has 0 aliphatic heterocycles. The predicted octanol–water partition coefficient (Wildman–Crippen LogP) is 1.58. The van der Waals surface area contributed by atoms with Crippen molar-refractivity contribution in [1.29, 1.82) is 0 Å². The van der Waals surface area contributed by atoms with Gasteiger partial charge in [-0.3, -0.25) is 10.1 Å². The molecule has 0 radical (unpaired) electrons. The van der Waals surface area contributed by atoms with Crippen molar-refractivity contribution in [3.05, 3.63) is 39.6 Å². The summed E-state index contributed by atoms with van der Waals surface area (Å²) < 4.78 is 0. The highest BCUT2D eigenvalue weighted by molar-refractivity contribution is 5.39. The van der Waals surface area contributed by atoms with Crippen molar-refractivity contribution in [3.63, 3.8) is 0 Å². The van der Waals surface area contributed by atoms with Gasteiger partial charge in [0.2, 0.25) is 11.0 Å². The topological polar surface area (TPSA) is 102 Å². The maximum absolute atomic E-state index is 10.6. The maximum atomic E-state index is 10.6. The van der Waals surface area contributed by atoms with Gasteiger partial charge in [0.15, 0.2) is 0 Å². The first kappa shape index (κ1) is 8.91. The lowest BCUT2D eigenvalue weighted by Crippen LogP contribution is -1.91. The molecular formula is C6H5N3O4. The zero-order chi connectivity index (χ0) is 9.84. The second-order valence-corrected chi connectivity index (χ2v) is 2.14. The van der Waals surface area contributed by atoms with Gasteiger partial charge in [-0.2, -0.15) is 0 Å². The Kier molecular flexibility index (Phi) is 2.38. The molecule has 0 saturated carbocycles.